The smallest absolute Gasteiger partial charge is 0.287 e. The van der Waals surface area contributed by atoms with Gasteiger partial charge >= 0.3 is 0 Å². The van der Waals surface area contributed by atoms with Crippen LogP contribution in [-0.2, 0) is 0 Å². The van der Waals surface area contributed by atoms with Crippen molar-refractivity contribution in [3.05, 3.63) is 53.3 Å². The van der Waals surface area contributed by atoms with Crippen LogP contribution in [0.1, 0.15) is 35.0 Å². The Bertz CT molecular complexity index is 743. The van der Waals surface area contributed by atoms with Crippen molar-refractivity contribution in [2.75, 3.05) is 18.0 Å². The molecule has 0 saturated carbocycles. The number of carbonyl (C=O) groups is 1. The summed E-state index contributed by atoms with van der Waals surface area (Å²) in [5.41, 5.74) is 6.03. The molecule has 0 aliphatic rings. The van der Waals surface area contributed by atoms with E-state index in [0.717, 1.165) is 23.4 Å². The minimum absolute atomic E-state index is 0.279. The van der Waals surface area contributed by atoms with Gasteiger partial charge in [-0.1, -0.05) is 6.07 Å². The molecule has 1 aromatic heterocycles. The van der Waals surface area contributed by atoms with Crippen LogP contribution < -0.4 is 10.3 Å². The summed E-state index contributed by atoms with van der Waals surface area (Å²) in [7, 11) is 0. The number of hydrazone groups is 1. The zero-order chi connectivity index (χ0) is 17.4. The third kappa shape index (κ3) is 4.46. The van der Waals surface area contributed by atoms with E-state index in [4.69, 9.17) is 5.26 Å². The molecule has 0 bridgehead atoms. The van der Waals surface area contributed by atoms with E-state index in [0.29, 0.717) is 18.7 Å². The Morgan fingerprint density at radius 1 is 1.46 bits per heavy atom. The van der Waals surface area contributed by atoms with Crippen LogP contribution in [0.2, 0.25) is 0 Å². The summed E-state index contributed by atoms with van der Waals surface area (Å²) < 4.78 is 0. The van der Waals surface area contributed by atoms with Gasteiger partial charge in [0.15, 0.2) is 0 Å². The average molecular weight is 323 g/mol. The molecule has 0 saturated heterocycles. The molecule has 2 rings (SSSR count). The summed E-state index contributed by atoms with van der Waals surface area (Å²) in [6.07, 6.45) is 3.82. The second-order valence-corrected chi connectivity index (χ2v) is 5.31. The van der Waals surface area contributed by atoms with Gasteiger partial charge in [-0.05, 0) is 49.2 Å². The number of anilines is 1. The number of nitrogens with zero attached hydrogens (tertiary/aromatic N) is 3. The first-order valence-corrected chi connectivity index (χ1v) is 7.85. The number of hydrogen-bond acceptors (Lipinski definition) is 4. The van der Waals surface area contributed by atoms with Crippen LogP contribution in [0.4, 0.5) is 5.69 Å². The number of carbonyl (C=O) groups excluding carboxylic acids is 1. The van der Waals surface area contributed by atoms with E-state index in [9.17, 15) is 4.79 Å². The first-order valence-electron chi connectivity index (χ1n) is 7.85. The molecule has 1 aromatic carbocycles. The predicted octanol–water partition coefficient (Wildman–Crippen LogP) is 2.83. The normalized spacial score (nSPS) is 10.5. The number of benzene rings is 1. The van der Waals surface area contributed by atoms with E-state index in [-0.39, 0.29) is 5.91 Å². The average Bonchev–Trinajstić information content (AvgIpc) is 3.12. The summed E-state index contributed by atoms with van der Waals surface area (Å²) in [5, 5.41) is 12.7. The standard InChI is InChI=1S/C18H21N5O/c1-3-23(11-5-9-19)16-8-7-15(14(2)12-16)13-21-22-18(24)17-6-4-10-20-17/h4,6-8,10,12-13,20H,3,5,11H2,1-2H3,(H,22,24)/b21-13-. The fourth-order valence-electron chi connectivity index (χ4n) is 2.35. The first-order chi connectivity index (χ1) is 11.7. The van der Waals surface area contributed by atoms with E-state index in [1.165, 1.54) is 0 Å². The van der Waals surface area contributed by atoms with Gasteiger partial charge in [-0.25, -0.2) is 5.43 Å². The lowest BCUT2D eigenvalue weighted by molar-refractivity contribution is 0.0951. The third-order valence-corrected chi connectivity index (χ3v) is 3.71. The summed E-state index contributed by atoms with van der Waals surface area (Å²) in [4.78, 5) is 16.8. The van der Waals surface area contributed by atoms with Crippen LogP contribution in [0.5, 0.6) is 0 Å². The highest BCUT2D eigenvalue weighted by Gasteiger charge is 2.06. The maximum absolute atomic E-state index is 11.8. The Hall–Kier alpha value is -3.07. The van der Waals surface area contributed by atoms with Crippen LogP contribution in [0.3, 0.4) is 0 Å². The molecule has 0 fully saturated rings. The molecule has 0 aliphatic heterocycles. The number of hydrogen-bond donors (Lipinski definition) is 2. The monoisotopic (exact) mass is 323 g/mol. The SMILES string of the molecule is CCN(CCC#N)c1ccc(/C=N\NC(=O)c2ccc[nH]2)c(C)c1. The maximum atomic E-state index is 11.8. The molecule has 0 atom stereocenters. The minimum atomic E-state index is -0.279. The number of nitrogens with one attached hydrogen (secondary N) is 2. The summed E-state index contributed by atoms with van der Waals surface area (Å²) in [5.74, 6) is -0.279. The van der Waals surface area contributed by atoms with Gasteiger partial charge in [0, 0.05) is 25.0 Å². The van der Waals surface area contributed by atoms with Crippen LogP contribution in [0.15, 0.2) is 41.6 Å². The van der Waals surface area contributed by atoms with Crippen molar-refractivity contribution in [2.24, 2.45) is 5.10 Å². The highest BCUT2D eigenvalue weighted by molar-refractivity contribution is 5.93. The summed E-state index contributed by atoms with van der Waals surface area (Å²) in [6, 6.07) is 11.6. The zero-order valence-electron chi connectivity index (χ0n) is 13.9. The molecule has 124 valence electrons. The van der Waals surface area contributed by atoms with E-state index in [2.05, 4.69) is 39.5 Å². The van der Waals surface area contributed by atoms with Crippen molar-refractivity contribution in [1.29, 1.82) is 5.26 Å². The van der Waals surface area contributed by atoms with Crippen LogP contribution in [-0.4, -0.2) is 30.2 Å². The topological polar surface area (TPSA) is 84.3 Å². The maximum Gasteiger partial charge on any atom is 0.287 e. The van der Waals surface area contributed by atoms with Gasteiger partial charge in [-0.2, -0.15) is 10.4 Å². The first kappa shape index (κ1) is 17.3. The number of rotatable bonds is 7. The van der Waals surface area contributed by atoms with Crippen molar-refractivity contribution < 1.29 is 4.79 Å². The molecule has 1 amide bonds. The van der Waals surface area contributed by atoms with E-state index in [1.54, 1.807) is 24.5 Å². The molecule has 0 spiro atoms. The molecular weight excluding hydrogens is 302 g/mol. The van der Waals surface area contributed by atoms with Crippen LogP contribution >= 0.6 is 0 Å². The van der Waals surface area contributed by atoms with Gasteiger partial charge in [0.1, 0.15) is 5.69 Å². The van der Waals surface area contributed by atoms with Crippen molar-refractivity contribution in [2.45, 2.75) is 20.3 Å². The van der Waals surface area contributed by atoms with Crippen LogP contribution in [0.25, 0.3) is 0 Å². The Kier molecular flexibility index (Phi) is 6.15. The van der Waals surface area contributed by atoms with Gasteiger partial charge in [0.05, 0.1) is 18.7 Å². The number of aromatic nitrogens is 1. The zero-order valence-corrected chi connectivity index (χ0v) is 13.9. The molecule has 24 heavy (non-hydrogen) atoms. The molecule has 6 heteroatoms. The lowest BCUT2D eigenvalue weighted by Crippen LogP contribution is -2.23. The van der Waals surface area contributed by atoms with E-state index in [1.807, 2.05) is 19.1 Å². The Morgan fingerprint density at radius 2 is 2.29 bits per heavy atom. The third-order valence-electron chi connectivity index (χ3n) is 3.71. The highest BCUT2D eigenvalue weighted by atomic mass is 16.2. The van der Waals surface area contributed by atoms with Crippen molar-refractivity contribution in [1.82, 2.24) is 10.4 Å². The molecule has 6 nitrogen and oxygen atoms in total. The Morgan fingerprint density at radius 3 is 2.92 bits per heavy atom. The molecule has 2 N–H and O–H groups in total. The number of aryl methyl sites for hydroxylation is 1. The summed E-state index contributed by atoms with van der Waals surface area (Å²) in [6.45, 7) is 5.63. The van der Waals surface area contributed by atoms with Gasteiger partial charge < -0.3 is 9.88 Å². The second-order valence-electron chi connectivity index (χ2n) is 5.31. The summed E-state index contributed by atoms with van der Waals surface area (Å²) >= 11 is 0. The molecular formula is C18H21N5O. The van der Waals surface area contributed by atoms with Crippen LogP contribution in [0, 0.1) is 18.3 Å². The van der Waals surface area contributed by atoms with E-state index >= 15 is 0 Å². The van der Waals surface area contributed by atoms with E-state index < -0.39 is 0 Å². The predicted molar refractivity (Wildman–Crippen MR) is 95.1 cm³/mol. The van der Waals surface area contributed by atoms with Gasteiger partial charge in [0.25, 0.3) is 5.91 Å². The second kappa shape index (κ2) is 8.53. The fraction of sp³-hybridized carbons (Fsp3) is 0.278. The Labute approximate surface area is 141 Å². The lowest BCUT2D eigenvalue weighted by atomic mass is 10.1. The number of aromatic amines is 1. The molecule has 2 aromatic rings. The Balaban J connectivity index is 2.02. The van der Waals surface area contributed by atoms with Gasteiger partial charge in [-0.3, -0.25) is 4.79 Å². The molecule has 1 heterocycles. The molecule has 0 radical (unpaired) electrons. The van der Waals surface area contributed by atoms with Crippen molar-refractivity contribution >= 4 is 17.8 Å². The lowest BCUT2D eigenvalue weighted by Gasteiger charge is -2.22. The highest BCUT2D eigenvalue weighted by Crippen LogP contribution is 2.18. The quantitative estimate of drug-likeness (QED) is 0.607. The van der Waals surface area contributed by atoms with Gasteiger partial charge in [0.2, 0.25) is 0 Å². The number of nitriles is 1. The minimum Gasteiger partial charge on any atom is -0.371 e. The largest absolute Gasteiger partial charge is 0.371 e. The van der Waals surface area contributed by atoms with Crippen molar-refractivity contribution in [3.8, 4) is 6.07 Å². The number of amides is 1. The van der Waals surface area contributed by atoms with Gasteiger partial charge in [-0.15, -0.1) is 0 Å². The van der Waals surface area contributed by atoms with Crippen molar-refractivity contribution in [3.63, 3.8) is 0 Å². The molecule has 0 unspecified atom stereocenters. The fourth-order valence-corrected chi connectivity index (χ4v) is 2.35. The number of H-pyrrole nitrogens is 1. The molecule has 0 aliphatic carbocycles.